The fraction of sp³-hybridized carbons (Fsp3) is 0.0455. The second-order valence-corrected chi connectivity index (χ2v) is 7.77. The highest BCUT2D eigenvalue weighted by Gasteiger charge is 2.26. The first kappa shape index (κ1) is 20.3. The molecule has 0 saturated carbocycles. The summed E-state index contributed by atoms with van der Waals surface area (Å²) in [6.07, 6.45) is 1.51. The van der Waals surface area contributed by atoms with Crippen LogP contribution in [0.3, 0.4) is 0 Å². The third kappa shape index (κ3) is 4.16. The average Bonchev–Trinajstić information content (AvgIpc) is 2.70. The molecule has 2 amide bonds. The molecular weight excluding hydrogens is 443 g/mol. The number of hydrogen-bond acceptors (Lipinski definition) is 4. The molecule has 1 heterocycles. The van der Waals surface area contributed by atoms with Crippen LogP contribution in [0.1, 0.15) is 11.1 Å². The first-order valence-electron chi connectivity index (χ1n) is 8.89. The van der Waals surface area contributed by atoms with Crippen LogP contribution < -0.4 is 15.4 Å². The molecule has 0 aromatic heterocycles. The molecule has 0 spiro atoms. The van der Waals surface area contributed by atoms with Crippen molar-refractivity contribution in [3.8, 4) is 5.75 Å². The lowest BCUT2D eigenvalue weighted by Crippen LogP contribution is -2.51. The van der Waals surface area contributed by atoms with E-state index in [0.717, 1.165) is 16.3 Å². The monoisotopic (exact) mass is 456 g/mol. The molecule has 1 aliphatic rings. The summed E-state index contributed by atoms with van der Waals surface area (Å²) in [7, 11) is 0. The van der Waals surface area contributed by atoms with Gasteiger partial charge >= 0.3 is 0 Å². The zero-order valence-corrected chi connectivity index (χ0v) is 17.7. The number of carbonyl (C=O) groups is 2. The van der Waals surface area contributed by atoms with Crippen molar-refractivity contribution < 1.29 is 14.3 Å². The van der Waals surface area contributed by atoms with Crippen LogP contribution >= 0.6 is 35.4 Å². The van der Waals surface area contributed by atoms with Crippen LogP contribution in [0.15, 0.2) is 60.2 Å². The molecule has 8 heteroatoms. The fourth-order valence-corrected chi connectivity index (χ4v) is 3.74. The average molecular weight is 457 g/mol. The zero-order valence-electron chi connectivity index (χ0n) is 15.4. The third-order valence-corrected chi connectivity index (χ3v) is 5.35. The third-order valence-electron chi connectivity index (χ3n) is 4.56. The summed E-state index contributed by atoms with van der Waals surface area (Å²) >= 11 is 17.1. The smallest absolute Gasteiger partial charge is 0.263 e. The number of halogens is 2. The molecule has 0 radical (unpaired) electrons. The second kappa shape index (κ2) is 8.44. The van der Waals surface area contributed by atoms with Gasteiger partial charge in [-0.15, -0.1) is 0 Å². The molecule has 0 bridgehead atoms. The molecule has 3 aromatic rings. The van der Waals surface area contributed by atoms with Crippen molar-refractivity contribution in [1.29, 1.82) is 0 Å². The lowest BCUT2D eigenvalue weighted by atomic mass is 10.00. The maximum Gasteiger partial charge on any atom is 0.263 e. The summed E-state index contributed by atoms with van der Waals surface area (Å²) in [5, 5.41) is 7.65. The SMILES string of the molecule is O=C1NC(=S)NC(=O)C1=Cc1c(OCc2ccc(Cl)cc2Cl)ccc2ccccc12. The van der Waals surface area contributed by atoms with E-state index in [9.17, 15) is 9.59 Å². The van der Waals surface area contributed by atoms with Crippen LogP contribution in [-0.4, -0.2) is 16.9 Å². The summed E-state index contributed by atoms with van der Waals surface area (Å²) < 4.78 is 6.02. The number of carbonyl (C=O) groups excluding carboxylic acids is 2. The Labute approximate surface area is 187 Å². The highest BCUT2D eigenvalue weighted by atomic mass is 35.5. The Kier molecular flexibility index (Phi) is 5.72. The molecule has 0 atom stereocenters. The van der Waals surface area contributed by atoms with Gasteiger partial charge in [-0.05, 0) is 47.3 Å². The van der Waals surface area contributed by atoms with E-state index < -0.39 is 11.8 Å². The van der Waals surface area contributed by atoms with Crippen LogP contribution in [-0.2, 0) is 16.2 Å². The highest BCUT2D eigenvalue weighted by molar-refractivity contribution is 7.80. The van der Waals surface area contributed by atoms with Gasteiger partial charge in [0.1, 0.15) is 17.9 Å². The molecule has 3 aromatic carbocycles. The number of hydrogen-bond donors (Lipinski definition) is 2. The van der Waals surface area contributed by atoms with Gasteiger partial charge < -0.3 is 4.74 Å². The number of benzene rings is 3. The van der Waals surface area contributed by atoms with Crippen LogP contribution in [0.25, 0.3) is 16.8 Å². The molecule has 4 rings (SSSR count). The van der Waals surface area contributed by atoms with Crippen molar-refractivity contribution in [3.63, 3.8) is 0 Å². The number of nitrogens with one attached hydrogen (secondary N) is 2. The van der Waals surface area contributed by atoms with E-state index in [0.29, 0.717) is 21.4 Å². The predicted octanol–water partition coefficient (Wildman–Crippen LogP) is 4.64. The van der Waals surface area contributed by atoms with E-state index in [1.165, 1.54) is 6.08 Å². The Balaban J connectivity index is 1.77. The maximum absolute atomic E-state index is 12.3. The second-order valence-electron chi connectivity index (χ2n) is 6.52. The van der Waals surface area contributed by atoms with Gasteiger partial charge in [-0.1, -0.05) is 59.6 Å². The Morgan fingerprint density at radius 1 is 0.967 bits per heavy atom. The minimum atomic E-state index is -0.566. The number of ether oxygens (including phenoxy) is 1. The topological polar surface area (TPSA) is 67.4 Å². The summed E-state index contributed by atoms with van der Waals surface area (Å²) in [5.74, 6) is -0.632. The van der Waals surface area contributed by atoms with Gasteiger partial charge in [0, 0.05) is 21.2 Å². The molecule has 1 saturated heterocycles. The Morgan fingerprint density at radius 3 is 2.43 bits per heavy atom. The van der Waals surface area contributed by atoms with Gasteiger partial charge in [0.05, 0.1) is 0 Å². The molecule has 30 heavy (non-hydrogen) atoms. The molecular formula is C22H14Cl2N2O3S. The Morgan fingerprint density at radius 2 is 1.70 bits per heavy atom. The standard InChI is InChI=1S/C22H14Cl2N2O3S/c23-14-7-5-13(18(24)9-14)11-29-19-8-6-12-3-1-2-4-15(12)16(19)10-17-20(27)25-22(30)26-21(17)28/h1-10H,11H2,(H2,25,26,27,28,30). The number of fused-ring (bicyclic) bond motifs is 1. The minimum absolute atomic E-state index is 0.0195. The van der Waals surface area contributed by atoms with Crippen molar-refractivity contribution >= 4 is 69.2 Å². The van der Waals surface area contributed by atoms with E-state index in [1.54, 1.807) is 24.3 Å². The molecule has 1 fully saturated rings. The van der Waals surface area contributed by atoms with Crippen LogP contribution in [0, 0.1) is 0 Å². The van der Waals surface area contributed by atoms with Gasteiger partial charge in [0.2, 0.25) is 0 Å². The van der Waals surface area contributed by atoms with Crippen molar-refractivity contribution in [2.45, 2.75) is 6.61 Å². The molecule has 2 N–H and O–H groups in total. The van der Waals surface area contributed by atoms with E-state index in [2.05, 4.69) is 10.6 Å². The summed E-state index contributed by atoms with van der Waals surface area (Å²) in [6.45, 7) is 0.187. The van der Waals surface area contributed by atoms with Crippen LogP contribution in [0.5, 0.6) is 5.75 Å². The number of thiocarbonyl (C=S) groups is 1. The summed E-state index contributed by atoms with van der Waals surface area (Å²) in [5.41, 5.74) is 1.30. The normalized spacial score (nSPS) is 13.8. The quantitative estimate of drug-likeness (QED) is 0.340. The minimum Gasteiger partial charge on any atom is -0.488 e. The first-order chi connectivity index (χ1) is 14.4. The Bertz CT molecular complexity index is 1220. The molecule has 150 valence electrons. The molecule has 1 aliphatic heterocycles. The lowest BCUT2D eigenvalue weighted by molar-refractivity contribution is -0.123. The fourth-order valence-electron chi connectivity index (χ4n) is 3.10. The van der Waals surface area contributed by atoms with Crippen LogP contribution in [0.2, 0.25) is 10.0 Å². The zero-order chi connectivity index (χ0) is 21.3. The van der Waals surface area contributed by atoms with E-state index in [4.69, 9.17) is 40.2 Å². The van der Waals surface area contributed by atoms with E-state index >= 15 is 0 Å². The van der Waals surface area contributed by atoms with Gasteiger partial charge in [-0.25, -0.2) is 0 Å². The molecule has 0 aliphatic carbocycles. The van der Waals surface area contributed by atoms with Gasteiger partial charge in [0.15, 0.2) is 5.11 Å². The predicted molar refractivity (Wildman–Crippen MR) is 122 cm³/mol. The highest BCUT2D eigenvalue weighted by Crippen LogP contribution is 2.32. The van der Waals surface area contributed by atoms with E-state index in [-0.39, 0.29) is 17.3 Å². The number of amides is 2. The van der Waals surface area contributed by atoms with Crippen molar-refractivity contribution in [3.05, 3.63) is 81.3 Å². The van der Waals surface area contributed by atoms with Crippen molar-refractivity contribution in [2.24, 2.45) is 0 Å². The van der Waals surface area contributed by atoms with Gasteiger partial charge in [-0.3, -0.25) is 20.2 Å². The number of rotatable bonds is 4. The summed E-state index contributed by atoms with van der Waals surface area (Å²) in [4.78, 5) is 24.6. The van der Waals surface area contributed by atoms with Crippen molar-refractivity contribution in [1.82, 2.24) is 10.6 Å². The van der Waals surface area contributed by atoms with Gasteiger partial charge in [-0.2, -0.15) is 0 Å². The lowest BCUT2D eigenvalue weighted by Gasteiger charge is -2.18. The van der Waals surface area contributed by atoms with E-state index in [1.807, 2.05) is 30.3 Å². The largest absolute Gasteiger partial charge is 0.488 e. The van der Waals surface area contributed by atoms with Gasteiger partial charge in [0.25, 0.3) is 11.8 Å². The molecule has 5 nitrogen and oxygen atoms in total. The van der Waals surface area contributed by atoms with Crippen LogP contribution in [0.4, 0.5) is 0 Å². The Hall–Kier alpha value is -2.93. The van der Waals surface area contributed by atoms with Crippen molar-refractivity contribution in [2.75, 3.05) is 0 Å². The maximum atomic E-state index is 12.3. The summed E-state index contributed by atoms with van der Waals surface area (Å²) in [6, 6.07) is 16.5. The molecule has 0 unspecified atom stereocenters. The first-order valence-corrected chi connectivity index (χ1v) is 10.1.